The topological polar surface area (TPSA) is 56.0 Å². The summed E-state index contributed by atoms with van der Waals surface area (Å²) in [5.74, 6) is -0.238. The molecule has 0 saturated carbocycles. The van der Waals surface area contributed by atoms with Crippen molar-refractivity contribution < 1.29 is 4.92 Å². The van der Waals surface area contributed by atoms with Crippen molar-refractivity contribution in [2.24, 2.45) is 0 Å². The van der Waals surface area contributed by atoms with Crippen molar-refractivity contribution in [3.63, 3.8) is 0 Å². The van der Waals surface area contributed by atoms with Crippen LogP contribution in [-0.2, 0) is 0 Å². The van der Waals surface area contributed by atoms with E-state index in [9.17, 15) is 10.1 Å². The highest BCUT2D eigenvalue weighted by molar-refractivity contribution is 5.14. The number of nitro groups is 1. The van der Waals surface area contributed by atoms with Crippen molar-refractivity contribution in [2.45, 2.75) is 0 Å². The van der Waals surface area contributed by atoms with Crippen LogP contribution in [0.3, 0.4) is 0 Å². The van der Waals surface area contributed by atoms with Crippen LogP contribution in [0.2, 0.25) is 0 Å². The maximum atomic E-state index is 9.91. The minimum absolute atomic E-state index is 0.238. The highest BCUT2D eigenvalue weighted by atomic mass is 16.6. The SMILES string of the molecule is O=[N+]([O-])c1[c]cccn1. The van der Waals surface area contributed by atoms with E-state index < -0.39 is 4.92 Å². The Morgan fingerprint density at radius 2 is 2.56 bits per heavy atom. The van der Waals surface area contributed by atoms with Crippen LogP contribution in [0, 0.1) is 16.2 Å². The highest BCUT2D eigenvalue weighted by Gasteiger charge is 2.01. The second kappa shape index (κ2) is 2.21. The minimum Gasteiger partial charge on any atom is -0.358 e. The van der Waals surface area contributed by atoms with Crippen molar-refractivity contribution in [1.82, 2.24) is 4.98 Å². The Bertz CT molecular complexity index is 209. The van der Waals surface area contributed by atoms with E-state index in [4.69, 9.17) is 0 Å². The fourth-order valence-corrected chi connectivity index (χ4v) is 0.416. The predicted molar refractivity (Wildman–Crippen MR) is 29.7 cm³/mol. The zero-order valence-electron chi connectivity index (χ0n) is 4.44. The molecule has 0 bridgehead atoms. The predicted octanol–water partition coefficient (Wildman–Crippen LogP) is 0.790. The quantitative estimate of drug-likeness (QED) is 0.409. The summed E-state index contributed by atoms with van der Waals surface area (Å²) in [5.41, 5.74) is 0. The zero-order chi connectivity index (χ0) is 6.69. The number of rotatable bonds is 1. The van der Waals surface area contributed by atoms with Crippen molar-refractivity contribution in [2.75, 3.05) is 0 Å². The summed E-state index contributed by atoms with van der Waals surface area (Å²) < 4.78 is 0. The van der Waals surface area contributed by atoms with Gasteiger partial charge in [-0.2, -0.15) is 0 Å². The third kappa shape index (κ3) is 1.22. The maximum Gasteiger partial charge on any atom is 0.371 e. The molecule has 9 heavy (non-hydrogen) atoms. The zero-order valence-corrected chi connectivity index (χ0v) is 4.44. The molecule has 1 heterocycles. The summed E-state index contributed by atoms with van der Waals surface area (Å²) in [5, 5.41) is 9.91. The number of hydrogen-bond donors (Lipinski definition) is 0. The number of nitrogens with zero attached hydrogens (tertiary/aromatic N) is 2. The molecule has 4 heteroatoms. The molecule has 45 valence electrons. The molecule has 0 aliphatic carbocycles. The van der Waals surface area contributed by atoms with E-state index in [0.717, 1.165) is 0 Å². The van der Waals surface area contributed by atoms with Gasteiger partial charge in [-0.1, -0.05) is 0 Å². The molecule has 1 rings (SSSR count). The van der Waals surface area contributed by atoms with Crippen LogP contribution in [0.25, 0.3) is 0 Å². The van der Waals surface area contributed by atoms with Gasteiger partial charge in [0.1, 0.15) is 6.20 Å². The number of aromatic nitrogens is 1. The van der Waals surface area contributed by atoms with Gasteiger partial charge < -0.3 is 10.1 Å². The molecule has 0 N–H and O–H groups in total. The molecule has 0 spiro atoms. The molecule has 0 amide bonds. The second-order valence-electron chi connectivity index (χ2n) is 1.36. The van der Waals surface area contributed by atoms with Gasteiger partial charge in [0.25, 0.3) is 0 Å². The van der Waals surface area contributed by atoms with Crippen LogP contribution >= 0.6 is 0 Å². The Kier molecular flexibility index (Phi) is 1.40. The van der Waals surface area contributed by atoms with Crippen molar-refractivity contribution >= 4 is 5.82 Å². The molecule has 1 radical (unpaired) electrons. The first-order valence-corrected chi connectivity index (χ1v) is 2.28. The smallest absolute Gasteiger partial charge is 0.358 e. The van der Waals surface area contributed by atoms with Crippen LogP contribution in [0.5, 0.6) is 0 Å². The molecule has 0 saturated heterocycles. The molecular formula is C5H3N2O2. The standard InChI is InChI=1S/C5H3N2O2/c8-7(9)5-3-1-2-4-6-5/h1-2,4H. The Hall–Kier alpha value is -1.45. The summed E-state index contributed by atoms with van der Waals surface area (Å²) in [4.78, 5) is 12.8. The largest absolute Gasteiger partial charge is 0.371 e. The van der Waals surface area contributed by atoms with E-state index in [1.165, 1.54) is 12.3 Å². The average Bonchev–Trinajstić information content (AvgIpc) is 1.90. The lowest BCUT2D eigenvalue weighted by Gasteiger charge is -1.85. The van der Waals surface area contributed by atoms with Crippen LogP contribution in [0.1, 0.15) is 0 Å². The molecule has 1 aromatic heterocycles. The molecule has 0 aromatic carbocycles. The van der Waals surface area contributed by atoms with Gasteiger partial charge in [0.05, 0.1) is 6.07 Å². The fraction of sp³-hybridized carbons (Fsp3) is 0. The van der Waals surface area contributed by atoms with Crippen LogP contribution in [0.4, 0.5) is 5.82 Å². The van der Waals surface area contributed by atoms with E-state index in [1.54, 1.807) is 6.07 Å². The normalized spacial score (nSPS) is 8.89. The van der Waals surface area contributed by atoms with E-state index in [2.05, 4.69) is 11.1 Å². The lowest BCUT2D eigenvalue weighted by atomic mass is 10.5. The Morgan fingerprint density at radius 1 is 1.78 bits per heavy atom. The minimum atomic E-state index is -0.583. The summed E-state index contributed by atoms with van der Waals surface area (Å²) >= 11 is 0. The molecule has 0 fully saturated rings. The third-order valence-electron chi connectivity index (χ3n) is 0.764. The van der Waals surface area contributed by atoms with Gasteiger partial charge in [-0.15, -0.1) is 0 Å². The van der Waals surface area contributed by atoms with Gasteiger partial charge in [-0.05, 0) is 22.0 Å². The van der Waals surface area contributed by atoms with Crippen molar-refractivity contribution in [3.8, 4) is 0 Å². The van der Waals surface area contributed by atoms with E-state index in [-0.39, 0.29) is 5.82 Å². The summed E-state index contributed by atoms with van der Waals surface area (Å²) in [6, 6.07) is 5.38. The van der Waals surface area contributed by atoms with E-state index in [0.29, 0.717) is 0 Å². The maximum absolute atomic E-state index is 9.91. The Morgan fingerprint density at radius 3 is 2.89 bits per heavy atom. The number of pyridine rings is 1. The van der Waals surface area contributed by atoms with E-state index >= 15 is 0 Å². The van der Waals surface area contributed by atoms with Gasteiger partial charge >= 0.3 is 5.82 Å². The summed E-state index contributed by atoms with van der Waals surface area (Å²) in [6.45, 7) is 0. The summed E-state index contributed by atoms with van der Waals surface area (Å²) in [7, 11) is 0. The lowest BCUT2D eigenvalue weighted by Crippen LogP contribution is -1.89. The molecule has 0 aliphatic rings. The molecule has 1 aromatic rings. The Balaban J connectivity index is 2.98. The molecule has 0 aliphatic heterocycles. The lowest BCUT2D eigenvalue weighted by molar-refractivity contribution is -0.389. The van der Waals surface area contributed by atoms with Crippen molar-refractivity contribution in [3.05, 3.63) is 34.5 Å². The second-order valence-corrected chi connectivity index (χ2v) is 1.36. The highest BCUT2D eigenvalue weighted by Crippen LogP contribution is 2.00. The van der Waals surface area contributed by atoms with Crippen LogP contribution in [0.15, 0.2) is 18.3 Å². The first-order chi connectivity index (χ1) is 4.30. The third-order valence-corrected chi connectivity index (χ3v) is 0.764. The summed E-state index contributed by atoms with van der Waals surface area (Å²) in [6.07, 6.45) is 1.36. The molecular weight excluding hydrogens is 120 g/mol. The van der Waals surface area contributed by atoms with E-state index in [1.807, 2.05) is 0 Å². The van der Waals surface area contributed by atoms with Gasteiger partial charge in [-0.25, -0.2) is 0 Å². The van der Waals surface area contributed by atoms with Gasteiger partial charge in [-0.3, -0.25) is 0 Å². The average molecular weight is 123 g/mol. The number of hydrogen-bond acceptors (Lipinski definition) is 3. The van der Waals surface area contributed by atoms with Crippen LogP contribution in [-0.4, -0.2) is 9.91 Å². The Labute approximate surface area is 51.3 Å². The van der Waals surface area contributed by atoms with Crippen molar-refractivity contribution in [1.29, 1.82) is 0 Å². The molecule has 4 nitrogen and oxygen atoms in total. The van der Waals surface area contributed by atoms with Gasteiger partial charge in [0.2, 0.25) is 0 Å². The van der Waals surface area contributed by atoms with Gasteiger partial charge in [0, 0.05) is 0 Å². The molecule has 0 atom stereocenters. The first-order valence-electron chi connectivity index (χ1n) is 2.28. The molecule has 0 unspecified atom stereocenters. The monoisotopic (exact) mass is 123 g/mol. The van der Waals surface area contributed by atoms with Gasteiger partial charge in [0.15, 0.2) is 0 Å². The fourth-order valence-electron chi connectivity index (χ4n) is 0.416. The van der Waals surface area contributed by atoms with Crippen LogP contribution < -0.4 is 0 Å². The first kappa shape index (κ1) is 5.68.